The lowest BCUT2D eigenvalue weighted by molar-refractivity contribution is -0.140. The molecule has 0 radical (unpaired) electrons. The molecule has 3 rings (SSSR count). The van der Waals surface area contributed by atoms with Crippen molar-refractivity contribution in [2.45, 2.75) is 58.9 Å². The Hall–Kier alpha value is -2.63. The van der Waals surface area contributed by atoms with Crippen LogP contribution in [0.2, 0.25) is 0 Å². The summed E-state index contributed by atoms with van der Waals surface area (Å²) in [7, 11) is 1.40. The fourth-order valence-corrected chi connectivity index (χ4v) is 3.93. The van der Waals surface area contributed by atoms with Gasteiger partial charge in [-0.3, -0.25) is 9.59 Å². The van der Waals surface area contributed by atoms with Gasteiger partial charge in [0.2, 0.25) is 0 Å². The summed E-state index contributed by atoms with van der Waals surface area (Å²) < 4.78 is 6.61. The maximum Gasteiger partial charge on any atom is 0.305 e. The molecule has 1 aliphatic rings. The van der Waals surface area contributed by atoms with E-state index in [-0.39, 0.29) is 11.9 Å². The summed E-state index contributed by atoms with van der Waals surface area (Å²) in [5, 5.41) is 4.63. The van der Waals surface area contributed by atoms with Gasteiger partial charge in [-0.1, -0.05) is 0 Å². The minimum absolute atomic E-state index is 0.103. The number of aromatic nitrogens is 2. The van der Waals surface area contributed by atoms with Crippen molar-refractivity contribution in [3.8, 4) is 5.69 Å². The van der Waals surface area contributed by atoms with Crippen LogP contribution in [0.3, 0.4) is 0 Å². The van der Waals surface area contributed by atoms with Crippen molar-refractivity contribution in [1.82, 2.24) is 14.7 Å². The molecule has 1 atom stereocenters. The molecule has 0 bridgehead atoms. The number of aryl methyl sites for hydroxylation is 1. The second-order valence-electron chi connectivity index (χ2n) is 7.53. The molecule has 1 saturated heterocycles. The lowest BCUT2D eigenvalue weighted by Gasteiger charge is -2.33. The van der Waals surface area contributed by atoms with Crippen molar-refractivity contribution >= 4 is 11.9 Å². The van der Waals surface area contributed by atoms with Gasteiger partial charge < -0.3 is 9.64 Å². The molecule has 0 aliphatic carbocycles. The Morgan fingerprint density at radius 3 is 2.54 bits per heavy atom. The first-order chi connectivity index (χ1) is 13.4. The van der Waals surface area contributed by atoms with Crippen LogP contribution in [0, 0.1) is 13.8 Å². The Kier molecular flexibility index (Phi) is 6.17. The minimum Gasteiger partial charge on any atom is -0.469 e. The summed E-state index contributed by atoms with van der Waals surface area (Å²) in [6.45, 7) is 6.91. The quantitative estimate of drug-likeness (QED) is 0.740. The lowest BCUT2D eigenvalue weighted by Crippen LogP contribution is -2.42. The molecule has 2 heterocycles. The molecule has 0 spiro atoms. The highest BCUT2D eigenvalue weighted by molar-refractivity contribution is 5.94. The zero-order valence-corrected chi connectivity index (χ0v) is 17.2. The number of methoxy groups -OCH3 is 1. The van der Waals surface area contributed by atoms with Gasteiger partial charge in [0.25, 0.3) is 5.91 Å². The van der Waals surface area contributed by atoms with Gasteiger partial charge in [0, 0.05) is 30.3 Å². The van der Waals surface area contributed by atoms with Gasteiger partial charge >= 0.3 is 5.97 Å². The second kappa shape index (κ2) is 8.59. The van der Waals surface area contributed by atoms with Gasteiger partial charge in [0.1, 0.15) is 0 Å². The van der Waals surface area contributed by atoms with Crippen LogP contribution in [-0.4, -0.2) is 46.3 Å². The van der Waals surface area contributed by atoms with Crippen molar-refractivity contribution in [3.05, 3.63) is 46.8 Å². The van der Waals surface area contributed by atoms with Crippen LogP contribution in [-0.2, 0) is 16.0 Å². The van der Waals surface area contributed by atoms with E-state index in [2.05, 4.69) is 12.0 Å². The molecule has 1 aliphatic heterocycles. The number of carbonyl (C=O) groups excluding carboxylic acids is 2. The molecule has 2 aromatic rings. The summed E-state index contributed by atoms with van der Waals surface area (Å²) in [6, 6.07) is 7.93. The van der Waals surface area contributed by atoms with Crippen LogP contribution < -0.4 is 0 Å². The molecule has 1 aromatic heterocycles. The number of amides is 1. The summed E-state index contributed by atoms with van der Waals surface area (Å²) in [6.07, 6.45) is 4.29. The number of carbonyl (C=O) groups is 2. The maximum atomic E-state index is 12.8. The molecule has 1 unspecified atom stereocenters. The van der Waals surface area contributed by atoms with Crippen molar-refractivity contribution in [3.63, 3.8) is 0 Å². The number of hydrogen-bond donors (Lipinski definition) is 0. The Balaban J connectivity index is 1.78. The summed E-state index contributed by atoms with van der Waals surface area (Å²) in [4.78, 5) is 26.3. The molecule has 6 heteroatoms. The maximum absolute atomic E-state index is 12.8. The van der Waals surface area contributed by atoms with Crippen LogP contribution >= 0.6 is 0 Å². The number of piperidine rings is 1. The third kappa shape index (κ3) is 4.11. The number of rotatable bonds is 5. The van der Waals surface area contributed by atoms with Crippen molar-refractivity contribution < 1.29 is 14.3 Å². The van der Waals surface area contributed by atoms with Crippen molar-refractivity contribution in [1.29, 1.82) is 0 Å². The van der Waals surface area contributed by atoms with Crippen LogP contribution in [0.4, 0.5) is 0 Å². The van der Waals surface area contributed by atoms with Gasteiger partial charge in [0.05, 0.1) is 18.5 Å². The third-order valence-electron chi connectivity index (χ3n) is 5.67. The Bertz CT molecular complexity index is 855. The van der Waals surface area contributed by atoms with Crippen molar-refractivity contribution in [2.75, 3.05) is 13.7 Å². The van der Waals surface area contributed by atoms with Gasteiger partial charge in [-0.15, -0.1) is 0 Å². The SMILES string of the molecule is COC(=O)CCc1c(C)nn(-c2ccc(C(=O)N3CCCCC3C)cc2)c1C. The first-order valence-electron chi connectivity index (χ1n) is 9.95. The van der Waals surface area contributed by atoms with E-state index in [1.54, 1.807) is 0 Å². The van der Waals surface area contributed by atoms with Crippen LogP contribution in [0.25, 0.3) is 5.69 Å². The first-order valence-corrected chi connectivity index (χ1v) is 9.95. The van der Waals surface area contributed by atoms with E-state index in [1.165, 1.54) is 13.5 Å². The second-order valence-corrected chi connectivity index (χ2v) is 7.53. The molecule has 6 nitrogen and oxygen atoms in total. The number of ether oxygens (including phenoxy) is 1. The van der Waals surface area contributed by atoms with E-state index in [9.17, 15) is 9.59 Å². The predicted octanol–water partition coefficient (Wildman–Crippen LogP) is 3.61. The van der Waals surface area contributed by atoms with E-state index >= 15 is 0 Å². The Labute approximate surface area is 166 Å². The Morgan fingerprint density at radius 1 is 1.18 bits per heavy atom. The Morgan fingerprint density at radius 2 is 1.89 bits per heavy atom. The summed E-state index contributed by atoms with van der Waals surface area (Å²) >= 11 is 0. The molecular weight excluding hydrogens is 354 g/mol. The predicted molar refractivity (Wildman–Crippen MR) is 108 cm³/mol. The van der Waals surface area contributed by atoms with E-state index < -0.39 is 0 Å². The average molecular weight is 383 g/mol. The topological polar surface area (TPSA) is 64.4 Å². The molecule has 1 fully saturated rings. The fourth-order valence-electron chi connectivity index (χ4n) is 3.93. The number of nitrogens with zero attached hydrogens (tertiary/aromatic N) is 3. The van der Waals surface area contributed by atoms with E-state index in [4.69, 9.17) is 4.74 Å². The monoisotopic (exact) mass is 383 g/mol. The zero-order chi connectivity index (χ0) is 20.3. The molecular formula is C22H29N3O3. The first kappa shape index (κ1) is 20.1. The number of likely N-dealkylation sites (tertiary alicyclic amines) is 1. The molecule has 28 heavy (non-hydrogen) atoms. The average Bonchev–Trinajstić information content (AvgIpc) is 2.99. The normalized spacial score (nSPS) is 16.9. The number of benzene rings is 1. The van der Waals surface area contributed by atoms with E-state index in [1.807, 2.05) is 47.7 Å². The fraction of sp³-hybridized carbons (Fsp3) is 0.500. The zero-order valence-electron chi connectivity index (χ0n) is 17.2. The number of esters is 1. The van der Waals surface area contributed by atoms with Crippen molar-refractivity contribution in [2.24, 2.45) is 0 Å². The third-order valence-corrected chi connectivity index (χ3v) is 5.67. The number of hydrogen-bond acceptors (Lipinski definition) is 4. The molecule has 0 N–H and O–H groups in total. The lowest BCUT2D eigenvalue weighted by atomic mass is 10.0. The molecule has 1 aromatic carbocycles. The largest absolute Gasteiger partial charge is 0.469 e. The minimum atomic E-state index is -0.221. The van der Waals surface area contributed by atoms with Crippen LogP contribution in [0.15, 0.2) is 24.3 Å². The van der Waals surface area contributed by atoms with Crippen LogP contribution in [0.1, 0.15) is 59.9 Å². The van der Waals surface area contributed by atoms with Gasteiger partial charge in [0.15, 0.2) is 0 Å². The van der Waals surface area contributed by atoms with E-state index in [0.717, 1.165) is 42.0 Å². The smallest absolute Gasteiger partial charge is 0.305 e. The molecule has 0 saturated carbocycles. The molecule has 150 valence electrons. The van der Waals surface area contributed by atoms with Crippen LogP contribution in [0.5, 0.6) is 0 Å². The summed E-state index contributed by atoms with van der Waals surface area (Å²) in [5.41, 5.74) is 4.60. The highest BCUT2D eigenvalue weighted by Gasteiger charge is 2.24. The molecule has 1 amide bonds. The summed E-state index contributed by atoms with van der Waals surface area (Å²) in [5.74, 6) is -0.118. The van der Waals surface area contributed by atoms with Gasteiger partial charge in [-0.25, -0.2) is 4.68 Å². The van der Waals surface area contributed by atoms with E-state index in [0.29, 0.717) is 24.4 Å². The highest BCUT2D eigenvalue weighted by atomic mass is 16.5. The van der Waals surface area contributed by atoms with Gasteiger partial charge in [-0.2, -0.15) is 5.10 Å². The van der Waals surface area contributed by atoms with Gasteiger partial charge in [-0.05, 0) is 76.3 Å². The highest BCUT2D eigenvalue weighted by Crippen LogP contribution is 2.22. The standard InChI is InChI=1S/C22H29N3O3/c1-15-7-5-6-14-24(15)22(27)18-8-10-19(11-9-18)25-17(3)20(16(2)23-25)12-13-21(26)28-4/h8-11,15H,5-7,12-14H2,1-4H3.